The van der Waals surface area contributed by atoms with Gasteiger partial charge in [0.1, 0.15) is 12.4 Å². The van der Waals surface area contributed by atoms with Gasteiger partial charge in [0.25, 0.3) is 5.91 Å². The molecule has 9 heteroatoms. The number of sulfonamides is 1. The molecule has 3 aromatic rings. The minimum atomic E-state index is -3.69. The number of carbonyl (C=O) groups is 1. The van der Waals surface area contributed by atoms with Crippen LogP contribution in [0.1, 0.15) is 21.7 Å². The summed E-state index contributed by atoms with van der Waals surface area (Å²) in [6.45, 7) is 2.35. The number of benzene rings is 2. The van der Waals surface area contributed by atoms with Gasteiger partial charge in [0, 0.05) is 18.7 Å². The lowest BCUT2D eigenvalue weighted by Crippen LogP contribution is -2.25. The number of fused-ring (bicyclic) bond motifs is 3. The third-order valence-electron chi connectivity index (χ3n) is 4.73. The van der Waals surface area contributed by atoms with E-state index in [2.05, 4.69) is 14.9 Å². The maximum Gasteiger partial charge on any atom is 0.251 e. The van der Waals surface area contributed by atoms with Crippen LogP contribution in [0.4, 0.5) is 0 Å². The molecule has 0 spiro atoms. The molecule has 28 heavy (non-hydrogen) atoms. The van der Waals surface area contributed by atoms with Crippen molar-refractivity contribution in [1.82, 2.24) is 14.9 Å². The van der Waals surface area contributed by atoms with Gasteiger partial charge < -0.3 is 14.6 Å². The van der Waals surface area contributed by atoms with Crippen LogP contribution in [0.2, 0.25) is 0 Å². The molecular formula is C19H20N4O4S. The topological polar surface area (TPSA) is 116 Å². The van der Waals surface area contributed by atoms with Gasteiger partial charge in [-0.05, 0) is 42.3 Å². The van der Waals surface area contributed by atoms with Gasteiger partial charge in [-0.3, -0.25) is 4.79 Å². The average molecular weight is 400 g/mol. The molecule has 0 bridgehead atoms. The van der Waals surface area contributed by atoms with Crippen molar-refractivity contribution in [3.63, 3.8) is 0 Å². The zero-order chi connectivity index (χ0) is 19.7. The number of nitrogens with one attached hydrogen (secondary N) is 1. The van der Waals surface area contributed by atoms with E-state index in [1.54, 1.807) is 24.3 Å². The zero-order valence-corrected chi connectivity index (χ0v) is 15.9. The van der Waals surface area contributed by atoms with Crippen LogP contribution in [0.15, 0.2) is 47.4 Å². The highest BCUT2D eigenvalue weighted by molar-refractivity contribution is 7.89. The predicted molar refractivity (Wildman–Crippen MR) is 103 cm³/mol. The summed E-state index contributed by atoms with van der Waals surface area (Å²) in [5, 5.41) is 7.96. The summed E-state index contributed by atoms with van der Waals surface area (Å²) < 4.78 is 30.1. The van der Waals surface area contributed by atoms with Gasteiger partial charge in [-0.1, -0.05) is 12.1 Å². The number of nitrogens with zero attached hydrogens (tertiary/aromatic N) is 2. The number of rotatable bonds is 5. The second-order valence-corrected chi connectivity index (χ2v) is 8.19. The molecule has 3 N–H and O–H groups in total. The number of nitrogens with two attached hydrogens (primary N) is 1. The van der Waals surface area contributed by atoms with Crippen LogP contribution in [0.5, 0.6) is 0 Å². The maximum absolute atomic E-state index is 12.4. The highest BCUT2D eigenvalue weighted by Crippen LogP contribution is 2.21. The first kappa shape index (κ1) is 18.6. The Morgan fingerprint density at radius 3 is 2.75 bits per heavy atom. The summed E-state index contributed by atoms with van der Waals surface area (Å²) in [6.07, 6.45) is 0.578. The quantitative estimate of drug-likeness (QED) is 0.667. The summed E-state index contributed by atoms with van der Waals surface area (Å²) in [4.78, 5) is 17.1. The van der Waals surface area contributed by atoms with Crippen LogP contribution in [-0.2, 0) is 34.3 Å². The first-order chi connectivity index (χ1) is 13.4. The molecule has 1 amide bonds. The Morgan fingerprint density at radius 1 is 1.21 bits per heavy atom. The molecular weight excluding hydrogens is 380 g/mol. The molecule has 1 aliphatic heterocycles. The van der Waals surface area contributed by atoms with E-state index in [0.29, 0.717) is 31.7 Å². The van der Waals surface area contributed by atoms with Crippen molar-refractivity contribution < 1.29 is 17.9 Å². The lowest BCUT2D eigenvalue weighted by atomic mass is 10.1. The standard InChI is InChI=1S/C19H20N4O4S/c20-28(25,26)15-4-1-13(2-5-15)7-8-21-19(24)14-3-6-17-16(11-14)22-18-12-27-10-9-23(17)18/h1-6,11H,7-10,12H2,(H,21,24)(H2,20,25,26). The molecule has 0 atom stereocenters. The smallest absolute Gasteiger partial charge is 0.251 e. The van der Waals surface area contributed by atoms with Crippen molar-refractivity contribution in [2.24, 2.45) is 5.14 Å². The van der Waals surface area contributed by atoms with Crippen LogP contribution in [0.25, 0.3) is 11.0 Å². The Balaban J connectivity index is 1.40. The Hall–Kier alpha value is -2.75. The second kappa shape index (κ2) is 7.34. The summed E-state index contributed by atoms with van der Waals surface area (Å²) >= 11 is 0. The number of hydrogen-bond acceptors (Lipinski definition) is 5. The van der Waals surface area contributed by atoms with Crippen molar-refractivity contribution in [2.75, 3.05) is 13.2 Å². The minimum Gasteiger partial charge on any atom is -0.372 e. The highest BCUT2D eigenvalue weighted by atomic mass is 32.2. The van der Waals surface area contributed by atoms with Crippen LogP contribution in [0.3, 0.4) is 0 Å². The van der Waals surface area contributed by atoms with Crippen LogP contribution in [-0.4, -0.2) is 37.0 Å². The second-order valence-electron chi connectivity index (χ2n) is 6.63. The fourth-order valence-electron chi connectivity index (χ4n) is 3.27. The van der Waals surface area contributed by atoms with Crippen LogP contribution >= 0.6 is 0 Å². The molecule has 146 valence electrons. The summed E-state index contributed by atoms with van der Waals surface area (Å²) in [5.41, 5.74) is 3.25. The molecule has 2 aromatic carbocycles. The largest absolute Gasteiger partial charge is 0.372 e. The van der Waals surface area contributed by atoms with Gasteiger partial charge in [-0.15, -0.1) is 0 Å². The average Bonchev–Trinajstić information content (AvgIpc) is 3.05. The van der Waals surface area contributed by atoms with E-state index in [0.717, 1.165) is 29.0 Å². The number of amides is 1. The highest BCUT2D eigenvalue weighted by Gasteiger charge is 2.16. The Bertz CT molecular complexity index is 1140. The minimum absolute atomic E-state index is 0.0711. The van der Waals surface area contributed by atoms with E-state index in [1.807, 2.05) is 6.07 Å². The number of imidazole rings is 1. The van der Waals surface area contributed by atoms with Crippen molar-refractivity contribution in [3.05, 3.63) is 59.4 Å². The number of aromatic nitrogens is 2. The SMILES string of the molecule is NS(=O)(=O)c1ccc(CCNC(=O)c2ccc3c(c2)nc2n3CCOC2)cc1. The summed E-state index contributed by atoms with van der Waals surface area (Å²) in [7, 11) is -3.69. The molecule has 0 saturated carbocycles. The molecule has 2 heterocycles. The van der Waals surface area contributed by atoms with Crippen molar-refractivity contribution >= 4 is 27.0 Å². The number of hydrogen-bond donors (Lipinski definition) is 2. The predicted octanol–water partition coefficient (Wildman–Crippen LogP) is 1.19. The molecule has 4 rings (SSSR count). The Morgan fingerprint density at radius 2 is 2.00 bits per heavy atom. The third-order valence-corrected chi connectivity index (χ3v) is 5.66. The van der Waals surface area contributed by atoms with E-state index in [9.17, 15) is 13.2 Å². The first-order valence-corrected chi connectivity index (χ1v) is 10.4. The number of carbonyl (C=O) groups excluding carboxylic acids is 1. The molecule has 0 aliphatic carbocycles. The maximum atomic E-state index is 12.4. The van der Waals surface area contributed by atoms with E-state index >= 15 is 0 Å². The lowest BCUT2D eigenvalue weighted by Gasteiger charge is -2.14. The van der Waals surface area contributed by atoms with Gasteiger partial charge in [-0.25, -0.2) is 18.5 Å². The third kappa shape index (κ3) is 3.77. The van der Waals surface area contributed by atoms with E-state index in [1.165, 1.54) is 12.1 Å². The van der Waals surface area contributed by atoms with E-state index < -0.39 is 10.0 Å². The summed E-state index contributed by atoms with van der Waals surface area (Å²) in [6, 6.07) is 11.8. The molecule has 0 saturated heterocycles. The number of ether oxygens (including phenoxy) is 1. The molecule has 0 fully saturated rings. The van der Waals surface area contributed by atoms with Crippen LogP contribution < -0.4 is 10.5 Å². The van der Waals surface area contributed by atoms with Crippen molar-refractivity contribution in [3.8, 4) is 0 Å². The fourth-order valence-corrected chi connectivity index (χ4v) is 3.78. The monoisotopic (exact) mass is 400 g/mol. The van der Waals surface area contributed by atoms with Gasteiger partial charge in [0.15, 0.2) is 0 Å². The first-order valence-electron chi connectivity index (χ1n) is 8.89. The Kier molecular flexibility index (Phi) is 4.88. The Labute approximate surface area is 162 Å². The van der Waals surface area contributed by atoms with Gasteiger partial charge >= 0.3 is 0 Å². The number of primary sulfonamides is 1. The lowest BCUT2D eigenvalue weighted by molar-refractivity contribution is 0.0830. The molecule has 1 aliphatic rings. The van der Waals surface area contributed by atoms with Crippen LogP contribution in [0, 0.1) is 0 Å². The van der Waals surface area contributed by atoms with Crippen molar-refractivity contribution in [1.29, 1.82) is 0 Å². The molecule has 0 radical (unpaired) electrons. The zero-order valence-electron chi connectivity index (χ0n) is 15.1. The van der Waals surface area contributed by atoms with E-state index in [-0.39, 0.29) is 10.8 Å². The normalized spacial score (nSPS) is 14.0. The molecule has 1 aromatic heterocycles. The van der Waals surface area contributed by atoms with E-state index in [4.69, 9.17) is 9.88 Å². The van der Waals surface area contributed by atoms with Gasteiger partial charge in [-0.2, -0.15) is 0 Å². The molecule has 0 unspecified atom stereocenters. The van der Waals surface area contributed by atoms with Gasteiger partial charge in [0.2, 0.25) is 10.0 Å². The van der Waals surface area contributed by atoms with Gasteiger partial charge in [0.05, 0.1) is 22.5 Å². The fraction of sp³-hybridized carbons (Fsp3) is 0.263. The summed E-state index contributed by atoms with van der Waals surface area (Å²) in [5.74, 6) is 0.701. The van der Waals surface area contributed by atoms with Crippen molar-refractivity contribution in [2.45, 2.75) is 24.5 Å². The molecule has 8 nitrogen and oxygen atoms in total.